The normalized spacial score (nSPS) is 29.1. The first kappa shape index (κ1) is 22.3. The number of hydrogen-bond acceptors (Lipinski definition) is 7. The topological polar surface area (TPSA) is 117 Å². The highest BCUT2D eigenvalue weighted by atomic mass is 35.5. The third-order valence-electron chi connectivity index (χ3n) is 6.88. The second-order valence-electron chi connectivity index (χ2n) is 8.82. The molecule has 2 aliphatic rings. The number of benzene rings is 1. The van der Waals surface area contributed by atoms with Crippen LogP contribution in [0.2, 0.25) is 5.02 Å². The minimum atomic E-state index is -3.18. The van der Waals surface area contributed by atoms with Crippen LogP contribution >= 0.6 is 22.2 Å². The number of nitrogens with zero attached hydrogens (tertiary/aromatic N) is 3. The van der Waals surface area contributed by atoms with Crippen molar-refractivity contribution in [3.63, 3.8) is 0 Å². The highest BCUT2D eigenvalue weighted by Gasteiger charge is 2.62. The zero-order valence-corrected chi connectivity index (χ0v) is 19.4. The quantitative estimate of drug-likeness (QED) is 0.379. The summed E-state index contributed by atoms with van der Waals surface area (Å²) in [5.41, 5.74) is 5.79. The van der Waals surface area contributed by atoms with E-state index in [4.69, 9.17) is 17.3 Å². The monoisotopic (exact) mass is 493 g/mol. The number of anilines is 2. The summed E-state index contributed by atoms with van der Waals surface area (Å²) in [6.45, 7) is 3.36. The summed E-state index contributed by atoms with van der Waals surface area (Å²) in [7, 11) is -3.18. The Kier molecular flexibility index (Phi) is 4.88. The highest BCUT2D eigenvalue weighted by molar-refractivity contribution is 8.26. The van der Waals surface area contributed by atoms with E-state index < -0.39 is 37.8 Å². The molecular weight excluding hydrogens is 472 g/mol. The van der Waals surface area contributed by atoms with Crippen LogP contribution in [0.15, 0.2) is 41.7 Å². The molecule has 174 valence electrons. The molecular formula is C22H22ClF2N5O2S. The van der Waals surface area contributed by atoms with E-state index in [-0.39, 0.29) is 33.1 Å². The maximum absolute atomic E-state index is 15.1. The van der Waals surface area contributed by atoms with Crippen LogP contribution in [0.5, 0.6) is 0 Å². The fourth-order valence-electron chi connectivity index (χ4n) is 4.87. The number of aliphatic imine (C=N–C) groups is 1. The van der Waals surface area contributed by atoms with E-state index in [2.05, 4.69) is 20.3 Å². The number of rotatable bonds is 3. The molecule has 2 aromatic heterocycles. The van der Waals surface area contributed by atoms with Crippen LogP contribution in [0.25, 0.3) is 10.9 Å². The summed E-state index contributed by atoms with van der Waals surface area (Å²) in [6, 6.07) is 5.75. The van der Waals surface area contributed by atoms with E-state index in [9.17, 15) is 13.5 Å². The first-order chi connectivity index (χ1) is 15.5. The first-order valence-electron chi connectivity index (χ1n) is 10.3. The van der Waals surface area contributed by atoms with Crippen LogP contribution in [-0.2, 0) is 5.54 Å². The highest BCUT2D eigenvalue weighted by Crippen LogP contribution is 2.71. The second kappa shape index (κ2) is 7.23. The van der Waals surface area contributed by atoms with Gasteiger partial charge < -0.3 is 11.1 Å². The van der Waals surface area contributed by atoms with Crippen molar-refractivity contribution < 1.29 is 17.9 Å². The number of hydrogen-bond donors (Lipinski definition) is 4. The van der Waals surface area contributed by atoms with Gasteiger partial charge in [0.15, 0.2) is 11.6 Å². The molecule has 0 spiro atoms. The molecule has 3 aromatic rings. The van der Waals surface area contributed by atoms with Gasteiger partial charge in [0.05, 0.1) is 16.5 Å². The molecule has 1 fully saturated rings. The summed E-state index contributed by atoms with van der Waals surface area (Å²) >= 11 is 5.95. The number of aromatic nitrogens is 2. The molecule has 1 aromatic carbocycles. The number of nitrogens with one attached hydrogen (secondary N) is 1. The summed E-state index contributed by atoms with van der Waals surface area (Å²) in [6.07, 6.45) is 3.35. The Morgan fingerprint density at radius 3 is 2.67 bits per heavy atom. The maximum atomic E-state index is 15.1. The van der Waals surface area contributed by atoms with Gasteiger partial charge in [0.2, 0.25) is 0 Å². The van der Waals surface area contributed by atoms with Gasteiger partial charge in [-0.1, -0.05) is 11.6 Å². The molecule has 0 amide bonds. The van der Waals surface area contributed by atoms with Gasteiger partial charge in [0, 0.05) is 22.8 Å². The van der Waals surface area contributed by atoms with Crippen LogP contribution < -0.4 is 11.1 Å². The molecule has 0 radical (unpaired) electrons. The fourth-order valence-corrected chi connectivity index (χ4v) is 7.70. The van der Waals surface area contributed by atoms with E-state index in [1.54, 1.807) is 13.8 Å². The van der Waals surface area contributed by atoms with Crippen LogP contribution in [0.4, 0.5) is 20.3 Å². The molecule has 2 bridgehead atoms. The zero-order chi connectivity index (χ0) is 23.8. The Bertz CT molecular complexity index is 1340. The van der Waals surface area contributed by atoms with Crippen molar-refractivity contribution in [2.24, 2.45) is 10.7 Å². The van der Waals surface area contributed by atoms with Crippen molar-refractivity contribution in [2.75, 3.05) is 5.32 Å². The lowest BCUT2D eigenvalue weighted by molar-refractivity contribution is 0.386. The molecule has 7 nitrogen and oxygen atoms in total. The van der Waals surface area contributed by atoms with E-state index >= 15 is 4.39 Å². The van der Waals surface area contributed by atoms with E-state index in [0.717, 1.165) is 6.20 Å². The maximum Gasteiger partial charge on any atom is 0.157 e. The van der Waals surface area contributed by atoms with Gasteiger partial charge in [-0.15, -0.1) is 0 Å². The Labute approximate surface area is 195 Å². The third kappa shape index (κ3) is 3.12. The van der Waals surface area contributed by atoms with Gasteiger partial charge in [-0.2, -0.15) is 10.6 Å². The third-order valence-corrected chi connectivity index (χ3v) is 10.3. The lowest BCUT2D eigenvalue weighted by Gasteiger charge is -2.54. The minimum Gasteiger partial charge on any atom is -0.386 e. The summed E-state index contributed by atoms with van der Waals surface area (Å²) in [5, 5.41) is 2.85. The Morgan fingerprint density at radius 2 is 1.91 bits per heavy atom. The Morgan fingerprint density at radius 1 is 1.15 bits per heavy atom. The molecule has 0 aliphatic carbocycles. The van der Waals surface area contributed by atoms with Gasteiger partial charge in [-0.3, -0.25) is 19.1 Å². The molecule has 11 heteroatoms. The Balaban J connectivity index is 1.60. The van der Waals surface area contributed by atoms with Gasteiger partial charge >= 0.3 is 0 Å². The molecule has 33 heavy (non-hydrogen) atoms. The second-order valence-corrected chi connectivity index (χ2v) is 11.9. The van der Waals surface area contributed by atoms with E-state index in [0.29, 0.717) is 18.5 Å². The lowest BCUT2D eigenvalue weighted by Crippen LogP contribution is -2.53. The molecule has 3 atom stereocenters. The predicted octanol–water partition coefficient (Wildman–Crippen LogP) is 5.56. The van der Waals surface area contributed by atoms with Gasteiger partial charge in [-0.25, -0.2) is 13.8 Å². The first-order valence-corrected chi connectivity index (χ1v) is 12.3. The molecule has 5 rings (SSSR count). The summed E-state index contributed by atoms with van der Waals surface area (Å²) in [5.74, 6) is -0.745. The number of nitrogens with two attached hydrogens (primary N) is 1. The van der Waals surface area contributed by atoms with Crippen molar-refractivity contribution in [2.45, 2.75) is 42.2 Å². The minimum absolute atomic E-state index is 0.115. The number of halogens is 3. The number of pyridine rings is 2. The van der Waals surface area contributed by atoms with Crippen LogP contribution in [0.1, 0.15) is 32.3 Å². The standard InChI is InChI=1S/C22H22ClF2N5O2S/c1-21-6-5-17(33(21,31)32)22(2,30-20(21)26)14-8-12(3-4-15(14)24)29-19-18-13(16(25)10-28-19)7-11(23)9-27-18/h3-4,7-10,17,31-32H,5-6H2,1-2H3,(H2,26,30)(H,28,29)/t17-,21+,22+/m0/s1. The average molecular weight is 494 g/mol. The zero-order valence-electron chi connectivity index (χ0n) is 17.8. The fraction of sp³-hybridized carbons (Fsp3) is 0.318. The summed E-state index contributed by atoms with van der Waals surface area (Å²) < 4.78 is 50.4. The van der Waals surface area contributed by atoms with Crippen molar-refractivity contribution in [3.8, 4) is 0 Å². The van der Waals surface area contributed by atoms with Crippen LogP contribution in [-0.4, -0.2) is 34.9 Å². The summed E-state index contributed by atoms with van der Waals surface area (Å²) in [4.78, 5) is 12.9. The van der Waals surface area contributed by atoms with Crippen molar-refractivity contribution in [1.29, 1.82) is 0 Å². The predicted molar refractivity (Wildman–Crippen MR) is 127 cm³/mol. The molecule has 4 heterocycles. The molecule has 0 unspecified atom stereocenters. The largest absolute Gasteiger partial charge is 0.386 e. The van der Waals surface area contributed by atoms with E-state index in [1.807, 2.05) is 0 Å². The van der Waals surface area contributed by atoms with Crippen molar-refractivity contribution in [1.82, 2.24) is 9.97 Å². The molecule has 1 saturated heterocycles. The van der Waals surface area contributed by atoms with Gasteiger partial charge in [0.1, 0.15) is 27.5 Å². The lowest BCUT2D eigenvalue weighted by atomic mass is 9.86. The molecule has 5 N–H and O–H groups in total. The van der Waals surface area contributed by atoms with Crippen molar-refractivity contribution in [3.05, 3.63) is 58.9 Å². The van der Waals surface area contributed by atoms with Crippen LogP contribution in [0, 0.1) is 11.6 Å². The Hall–Kier alpha value is -2.53. The average Bonchev–Trinajstić information content (AvgIpc) is 2.94. The SMILES string of the molecule is C[C@]1(c2cc(Nc3ncc(F)c4cc(Cl)cnc34)ccc2F)N=C(N)[C@@]2(C)CC[C@@H]1S2(O)O. The number of fused-ring (bicyclic) bond motifs is 3. The van der Waals surface area contributed by atoms with Gasteiger partial charge in [0.25, 0.3) is 0 Å². The smallest absolute Gasteiger partial charge is 0.157 e. The van der Waals surface area contributed by atoms with Crippen LogP contribution in [0.3, 0.4) is 0 Å². The van der Waals surface area contributed by atoms with Gasteiger partial charge in [-0.05, 0) is 51.0 Å². The molecule has 0 saturated carbocycles. The van der Waals surface area contributed by atoms with Crippen molar-refractivity contribution >= 4 is 50.4 Å². The van der Waals surface area contributed by atoms with E-state index in [1.165, 1.54) is 30.5 Å². The number of amidine groups is 1. The molecule has 2 aliphatic heterocycles.